The Labute approximate surface area is 115 Å². The van der Waals surface area contributed by atoms with Crippen LogP contribution in [-0.2, 0) is 0 Å². The molecule has 1 aliphatic carbocycles. The van der Waals surface area contributed by atoms with E-state index in [0.717, 1.165) is 17.3 Å². The Morgan fingerprint density at radius 1 is 1.32 bits per heavy atom. The third-order valence-electron chi connectivity index (χ3n) is 4.52. The molecule has 1 fully saturated rings. The van der Waals surface area contributed by atoms with Crippen molar-refractivity contribution in [3.05, 3.63) is 36.1 Å². The number of benzene rings is 1. The van der Waals surface area contributed by atoms with Gasteiger partial charge in [0.2, 0.25) is 0 Å². The number of fused-ring (bicyclic) bond motifs is 1. The van der Waals surface area contributed by atoms with Gasteiger partial charge >= 0.3 is 0 Å². The smallest absolute Gasteiger partial charge is 0.134 e. The van der Waals surface area contributed by atoms with E-state index in [1.807, 2.05) is 12.1 Å². The minimum absolute atomic E-state index is 0.296. The Morgan fingerprint density at radius 2 is 2.16 bits per heavy atom. The Kier molecular flexibility index (Phi) is 3.61. The van der Waals surface area contributed by atoms with E-state index < -0.39 is 0 Å². The summed E-state index contributed by atoms with van der Waals surface area (Å²) in [5, 5.41) is 4.96. The first-order valence-corrected chi connectivity index (χ1v) is 7.52. The number of furan rings is 1. The highest BCUT2D eigenvalue weighted by Gasteiger charge is 2.27. The lowest BCUT2D eigenvalue weighted by Gasteiger charge is -2.23. The minimum atomic E-state index is 0.296. The summed E-state index contributed by atoms with van der Waals surface area (Å²) < 4.78 is 5.95. The Morgan fingerprint density at radius 3 is 2.95 bits per heavy atom. The zero-order valence-corrected chi connectivity index (χ0v) is 11.9. The SMILES string of the molecule is CCC1CCCC1NC(C)c1cc2ccccc2o1. The fourth-order valence-electron chi connectivity index (χ4n) is 3.36. The first kappa shape index (κ1) is 12.7. The van der Waals surface area contributed by atoms with Crippen molar-refractivity contribution in [1.82, 2.24) is 5.32 Å². The van der Waals surface area contributed by atoms with Crippen LogP contribution in [0.4, 0.5) is 0 Å². The van der Waals surface area contributed by atoms with Gasteiger partial charge in [-0.1, -0.05) is 38.0 Å². The number of nitrogens with one attached hydrogen (secondary N) is 1. The second-order valence-corrected chi connectivity index (χ2v) is 5.78. The topological polar surface area (TPSA) is 25.2 Å². The van der Waals surface area contributed by atoms with E-state index in [9.17, 15) is 0 Å². The van der Waals surface area contributed by atoms with Gasteiger partial charge in [0.1, 0.15) is 11.3 Å². The molecule has 0 saturated heterocycles. The van der Waals surface area contributed by atoms with Crippen LogP contribution >= 0.6 is 0 Å². The van der Waals surface area contributed by atoms with E-state index in [1.54, 1.807) is 0 Å². The van der Waals surface area contributed by atoms with Gasteiger partial charge in [-0.2, -0.15) is 0 Å². The lowest BCUT2D eigenvalue weighted by Crippen LogP contribution is -2.34. The molecule has 2 heteroatoms. The summed E-state index contributed by atoms with van der Waals surface area (Å²) in [6.45, 7) is 4.51. The molecule has 0 amide bonds. The zero-order valence-electron chi connectivity index (χ0n) is 11.9. The number of rotatable bonds is 4. The van der Waals surface area contributed by atoms with E-state index in [2.05, 4.69) is 37.4 Å². The molecule has 1 saturated carbocycles. The quantitative estimate of drug-likeness (QED) is 0.861. The molecule has 2 aromatic rings. The summed E-state index contributed by atoms with van der Waals surface area (Å²) >= 11 is 0. The normalized spacial score (nSPS) is 24.9. The fraction of sp³-hybridized carbons (Fsp3) is 0.529. The summed E-state index contributed by atoms with van der Waals surface area (Å²) in [5.41, 5.74) is 0.990. The summed E-state index contributed by atoms with van der Waals surface area (Å²) in [7, 11) is 0. The van der Waals surface area contributed by atoms with Gasteiger partial charge in [0.15, 0.2) is 0 Å². The lowest BCUT2D eigenvalue weighted by atomic mass is 10.00. The summed E-state index contributed by atoms with van der Waals surface area (Å²) in [6.07, 6.45) is 5.33. The van der Waals surface area contributed by atoms with Crippen molar-refractivity contribution in [2.75, 3.05) is 0 Å². The van der Waals surface area contributed by atoms with E-state index in [0.29, 0.717) is 12.1 Å². The van der Waals surface area contributed by atoms with E-state index in [4.69, 9.17) is 4.42 Å². The molecule has 3 rings (SSSR count). The molecule has 19 heavy (non-hydrogen) atoms. The maximum atomic E-state index is 5.95. The van der Waals surface area contributed by atoms with Gasteiger partial charge in [-0.15, -0.1) is 0 Å². The van der Waals surface area contributed by atoms with E-state index >= 15 is 0 Å². The maximum absolute atomic E-state index is 5.95. The molecule has 1 aromatic carbocycles. The van der Waals surface area contributed by atoms with Gasteiger partial charge in [0.05, 0.1) is 6.04 Å². The second kappa shape index (κ2) is 5.38. The molecule has 1 aliphatic rings. The van der Waals surface area contributed by atoms with Gasteiger partial charge in [-0.3, -0.25) is 0 Å². The predicted octanol–water partition coefficient (Wildman–Crippen LogP) is 4.66. The molecule has 102 valence electrons. The summed E-state index contributed by atoms with van der Waals surface area (Å²) in [4.78, 5) is 0. The minimum Gasteiger partial charge on any atom is -0.459 e. The first-order chi connectivity index (χ1) is 9.28. The average Bonchev–Trinajstić information content (AvgIpc) is 3.03. The molecular formula is C17H23NO. The first-order valence-electron chi connectivity index (χ1n) is 7.52. The van der Waals surface area contributed by atoms with Crippen LogP contribution in [0.25, 0.3) is 11.0 Å². The highest BCUT2D eigenvalue weighted by molar-refractivity contribution is 5.77. The third kappa shape index (κ3) is 2.55. The number of hydrogen-bond donors (Lipinski definition) is 1. The lowest BCUT2D eigenvalue weighted by molar-refractivity contribution is 0.337. The van der Waals surface area contributed by atoms with Crippen LogP contribution in [-0.4, -0.2) is 6.04 Å². The largest absolute Gasteiger partial charge is 0.459 e. The Balaban J connectivity index is 1.74. The molecule has 2 nitrogen and oxygen atoms in total. The molecule has 1 aromatic heterocycles. The molecule has 3 atom stereocenters. The standard InChI is InChI=1S/C17H23NO/c1-3-13-8-6-9-15(13)18-12(2)17-11-14-7-4-5-10-16(14)19-17/h4-5,7,10-13,15,18H,3,6,8-9H2,1-2H3. The molecule has 0 spiro atoms. The average molecular weight is 257 g/mol. The predicted molar refractivity (Wildman–Crippen MR) is 79.2 cm³/mol. The van der Waals surface area contributed by atoms with Crippen molar-refractivity contribution in [2.45, 2.75) is 51.6 Å². The highest BCUT2D eigenvalue weighted by atomic mass is 16.3. The van der Waals surface area contributed by atoms with Crippen LogP contribution in [0.1, 0.15) is 51.3 Å². The second-order valence-electron chi connectivity index (χ2n) is 5.78. The molecule has 1 heterocycles. The van der Waals surface area contributed by atoms with Gasteiger partial charge in [0, 0.05) is 11.4 Å². The molecule has 0 radical (unpaired) electrons. The molecule has 0 bridgehead atoms. The maximum Gasteiger partial charge on any atom is 0.134 e. The van der Waals surface area contributed by atoms with Crippen LogP contribution in [0.15, 0.2) is 34.7 Å². The van der Waals surface area contributed by atoms with Crippen molar-refractivity contribution < 1.29 is 4.42 Å². The Bertz CT molecular complexity index is 512. The summed E-state index contributed by atoms with van der Waals surface area (Å²) in [5.74, 6) is 1.90. The Hall–Kier alpha value is -1.28. The third-order valence-corrected chi connectivity index (χ3v) is 4.52. The molecule has 1 N–H and O–H groups in total. The fourth-order valence-corrected chi connectivity index (χ4v) is 3.36. The van der Waals surface area contributed by atoms with E-state index in [-0.39, 0.29) is 0 Å². The van der Waals surface area contributed by atoms with Crippen molar-refractivity contribution in [2.24, 2.45) is 5.92 Å². The van der Waals surface area contributed by atoms with Crippen LogP contribution < -0.4 is 5.32 Å². The van der Waals surface area contributed by atoms with Crippen LogP contribution in [0.5, 0.6) is 0 Å². The highest BCUT2D eigenvalue weighted by Crippen LogP contribution is 2.31. The van der Waals surface area contributed by atoms with Crippen molar-refractivity contribution in [3.8, 4) is 0 Å². The van der Waals surface area contributed by atoms with E-state index in [1.165, 1.54) is 31.1 Å². The molecule has 0 aliphatic heterocycles. The monoisotopic (exact) mass is 257 g/mol. The van der Waals surface area contributed by atoms with Gasteiger partial charge in [0.25, 0.3) is 0 Å². The number of para-hydroxylation sites is 1. The van der Waals surface area contributed by atoms with Crippen molar-refractivity contribution >= 4 is 11.0 Å². The van der Waals surface area contributed by atoms with Crippen LogP contribution in [0.2, 0.25) is 0 Å². The van der Waals surface area contributed by atoms with Crippen molar-refractivity contribution in [1.29, 1.82) is 0 Å². The molecule has 3 unspecified atom stereocenters. The summed E-state index contributed by atoms with van der Waals surface area (Å²) in [6, 6.07) is 11.4. The number of hydrogen-bond acceptors (Lipinski definition) is 2. The van der Waals surface area contributed by atoms with Crippen LogP contribution in [0.3, 0.4) is 0 Å². The van der Waals surface area contributed by atoms with Gasteiger partial charge < -0.3 is 9.73 Å². The zero-order chi connectivity index (χ0) is 13.2. The van der Waals surface area contributed by atoms with Crippen LogP contribution in [0, 0.1) is 5.92 Å². The van der Waals surface area contributed by atoms with Crippen molar-refractivity contribution in [3.63, 3.8) is 0 Å². The molecular weight excluding hydrogens is 234 g/mol. The van der Waals surface area contributed by atoms with Gasteiger partial charge in [-0.05, 0) is 37.8 Å². The van der Waals surface area contributed by atoms with Gasteiger partial charge in [-0.25, -0.2) is 0 Å².